The first-order chi connectivity index (χ1) is 16.4. The van der Waals surface area contributed by atoms with E-state index in [0.29, 0.717) is 6.61 Å². The predicted octanol–water partition coefficient (Wildman–Crippen LogP) is -1.02. The van der Waals surface area contributed by atoms with Crippen LogP contribution in [0.1, 0.15) is 57.8 Å². The summed E-state index contributed by atoms with van der Waals surface area (Å²) in [5.74, 6) is -0.185. The average Bonchev–Trinajstić information content (AvgIpc) is 2.85. The van der Waals surface area contributed by atoms with Crippen LogP contribution >= 0.6 is 0 Å². The molecule has 0 spiro atoms. The molecule has 0 unspecified atom stereocenters. The van der Waals surface area contributed by atoms with Crippen LogP contribution in [-0.4, -0.2) is 112 Å². The molecule has 11 nitrogen and oxygen atoms in total. The predicted molar refractivity (Wildman–Crippen MR) is 116 cm³/mol. The number of unbranched alkanes of at least 4 members (excludes halogenated alkanes) is 2. The Morgan fingerprint density at radius 3 is 2.21 bits per heavy atom. The van der Waals surface area contributed by atoms with Crippen LogP contribution in [0.4, 0.5) is 0 Å². The summed E-state index contributed by atoms with van der Waals surface area (Å²) in [7, 11) is 0. The first-order valence-electron chi connectivity index (χ1n) is 12.4. The molecule has 0 amide bonds. The summed E-state index contributed by atoms with van der Waals surface area (Å²) in [5, 5.41) is 59.7. The average molecular weight is 493 g/mol. The number of rotatable bonds is 11. The number of hydrogen-bond acceptors (Lipinski definition) is 11. The van der Waals surface area contributed by atoms with Crippen LogP contribution in [0.25, 0.3) is 0 Å². The molecule has 1 saturated carbocycles. The van der Waals surface area contributed by atoms with E-state index in [9.17, 15) is 35.4 Å². The molecule has 11 heteroatoms. The van der Waals surface area contributed by atoms with Crippen LogP contribution in [0.5, 0.6) is 0 Å². The fourth-order valence-corrected chi connectivity index (χ4v) is 4.96. The van der Waals surface area contributed by atoms with Gasteiger partial charge < -0.3 is 49.6 Å². The summed E-state index contributed by atoms with van der Waals surface area (Å²) in [5.41, 5.74) is 0. The Bertz CT molecular complexity index is 612. The maximum Gasteiger partial charge on any atom is 0.221 e. The second-order valence-electron chi connectivity index (χ2n) is 9.56. The number of ketones is 1. The topological polar surface area (TPSA) is 175 Å². The number of hydrogen-bond donors (Lipinski definition) is 6. The smallest absolute Gasteiger partial charge is 0.221 e. The van der Waals surface area contributed by atoms with Crippen LogP contribution in [0.3, 0.4) is 0 Å². The molecule has 198 valence electrons. The van der Waals surface area contributed by atoms with Gasteiger partial charge in [0.25, 0.3) is 0 Å². The molecule has 9 atom stereocenters. The van der Waals surface area contributed by atoms with Crippen molar-refractivity contribution in [1.82, 2.24) is 0 Å². The third kappa shape index (κ3) is 6.94. The number of aliphatic hydroxyl groups excluding tert-OH is 6. The van der Waals surface area contributed by atoms with E-state index in [0.717, 1.165) is 25.2 Å². The monoisotopic (exact) mass is 492 g/mol. The molecule has 0 aromatic carbocycles. The molecule has 0 bridgehead atoms. The Labute approximate surface area is 199 Å². The highest BCUT2D eigenvalue weighted by atomic mass is 16.7. The van der Waals surface area contributed by atoms with E-state index >= 15 is 0 Å². The molecule has 2 heterocycles. The van der Waals surface area contributed by atoms with Crippen molar-refractivity contribution < 1.29 is 54.4 Å². The number of ether oxygens (including phenoxy) is 4. The molecule has 1 aliphatic carbocycles. The Morgan fingerprint density at radius 1 is 0.824 bits per heavy atom. The van der Waals surface area contributed by atoms with Gasteiger partial charge in [0.05, 0.1) is 13.2 Å². The SMILES string of the molecule is O=C1[C@@H](O[C@H]2[C@H](O)[C@@H](O)[C@H](OCCCCCC3CCCCC3)O[C@@H]2CO)O[C@H](CO)[C@@H](O)[C@@H]1O. The molecule has 3 rings (SSSR count). The highest BCUT2D eigenvalue weighted by Crippen LogP contribution is 2.29. The highest BCUT2D eigenvalue weighted by Gasteiger charge is 2.50. The second-order valence-corrected chi connectivity index (χ2v) is 9.56. The van der Waals surface area contributed by atoms with Crippen molar-refractivity contribution in [3.8, 4) is 0 Å². The molecule has 34 heavy (non-hydrogen) atoms. The fourth-order valence-electron chi connectivity index (χ4n) is 4.96. The van der Waals surface area contributed by atoms with Crippen molar-refractivity contribution in [3.63, 3.8) is 0 Å². The van der Waals surface area contributed by atoms with Gasteiger partial charge in [-0.15, -0.1) is 0 Å². The normalized spacial score (nSPS) is 39.9. The van der Waals surface area contributed by atoms with Crippen molar-refractivity contribution in [3.05, 3.63) is 0 Å². The summed E-state index contributed by atoms with van der Waals surface area (Å²) in [6.07, 6.45) is -2.61. The highest BCUT2D eigenvalue weighted by molar-refractivity contribution is 5.87. The number of carbonyl (C=O) groups excluding carboxylic acids is 1. The Morgan fingerprint density at radius 2 is 1.53 bits per heavy atom. The van der Waals surface area contributed by atoms with Gasteiger partial charge in [-0.3, -0.25) is 4.79 Å². The third-order valence-electron chi connectivity index (χ3n) is 7.07. The number of Topliss-reactive ketones (excluding diaryl/α,β-unsaturated/α-hetero) is 1. The molecule has 6 N–H and O–H groups in total. The van der Waals surface area contributed by atoms with E-state index in [1.165, 1.54) is 38.5 Å². The minimum atomic E-state index is -1.86. The molecular weight excluding hydrogens is 452 g/mol. The zero-order chi connectivity index (χ0) is 24.7. The van der Waals surface area contributed by atoms with E-state index in [1.807, 2.05) is 0 Å². The molecule has 0 aromatic heterocycles. The molecule has 0 aromatic rings. The van der Waals surface area contributed by atoms with Crippen molar-refractivity contribution in [2.75, 3.05) is 19.8 Å². The van der Waals surface area contributed by atoms with Gasteiger partial charge in [0.2, 0.25) is 12.1 Å². The van der Waals surface area contributed by atoms with E-state index in [2.05, 4.69) is 0 Å². The zero-order valence-corrected chi connectivity index (χ0v) is 19.5. The van der Waals surface area contributed by atoms with Crippen LogP contribution < -0.4 is 0 Å². The number of carbonyl (C=O) groups is 1. The van der Waals surface area contributed by atoms with Crippen molar-refractivity contribution >= 4 is 5.78 Å². The van der Waals surface area contributed by atoms with E-state index < -0.39 is 74.3 Å². The summed E-state index contributed by atoms with van der Waals surface area (Å²) in [4.78, 5) is 12.2. The summed E-state index contributed by atoms with van der Waals surface area (Å²) < 4.78 is 21.8. The molecule has 0 radical (unpaired) electrons. The van der Waals surface area contributed by atoms with Gasteiger partial charge in [-0.25, -0.2) is 0 Å². The minimum Gasteiger partial charge on any atom is -0.394 e. The van der Waals surface area contributed by atoms with Gasteiger partial charge in [0, 0.05) is 6.61 Å². The molecular formula is C23H40O11. The van der Waals surface area contributed by atoms with E-state index in [-0.39, 0.29) is 0 Å². The first-order valence-corrected chi connectivity index (χ1v) is 12.4. The standard InChI is InChI=1S/C23H40O11/c24-11-14-16(26)17(27)19(29)23(32-14)34-21-15(12-25)33-22(20(30)18(21)28)31-10-6-2-5-9-13-7-3-1-4-8-13/h13-18,20-28,30H,1-12H2/t14-,15-,16-,17+,18-,20-,21-,22-,23-/m1/s1. The summed E-state index contributed by atoms with van der Waals surface area (Å²) >= 11 is 0. The summed E-state index contributed by atoms with van der Waals surface area (Å²) in [6, 6.07) is 0. The van der Waals surface area contributed by atoms with Gasteiger partial charge in [-0.2, -0.15) is 0 Å². The number of aliphatic hydroxyl groups is 6. The maximum absolute atomic E-state index is 12.2. The zero-order valence-electron chi connectivity index (χ0n) is 19.5. The lowest BCUT2D eigenvalue weighted by Crippen LogP contribution is -2.63. The quantitative estimate of drug-likeness (QED) is 0.195. The van der Waals surface area contributed by atoms with Crippen LogP contribution in [0, 0.1) is 5.92 Å². The van der Waals surface area contributed by atoms with Gasteiger partial charge in [-0.05, 0) is 12.3 Å². The largest absolute Gasteiger partial charge is 0.394 e. The van der Waals surface area contributed by atoms with Crippen molar-refractivity contribution in [2.24, 2.45) is 5.92 Å². The molecule has 2 saturated heterocycles. The van der Waals surface area contributed by atoms with Crippen LogP contribution in [0.2, 0.25) is 0 Å². The molecule has 3 fully saturated rings. The molecule has 3 aliphatic rings. The Hall–Kier alpha value is -0.730. The Balaban J connectivity index is 1.45. The van der Waals surface area contributed by atoms with Crippen molar-refractivity contribution in [2.45, 2.75) is 113 Å². The first kappa shape index (κ1) is 27.9. The lowest BCUT2D eigenvalue weighted by Gasteiger charge is -2.44. The van der Waals surface area contributed by atoms with E-state index in [1.54, 1.807) is 0 Å². The fraction of sp³-hybridized carbons (Fsp3) is 0.957. The molecule has 2 aliphatic heterocycles. The summed E-state index contributed by atoms with van der Waals surface area (Å²) in [6.45, 7) is -0.974. The third-order valence-corrected chi connectivity index (χ3v) is 7.07. The van der Waals surface area contributed by atoms with Crippen molar-refractivity contribution in [1.29, 1.82) is 0 Å². The van der Waals surface area contributed by atoms with Gasteiger partial charge in [0.15, 0.2) is 6.29 Å². The van der Waals surface area contributed by atoms with Gasteiger partial charge in [-0.1, -0.05) is 51.4 Å². The van der Waals surface area contributed by atoms with Crippen LogP contribution in [-0.2, 0) is 23.7 Å². The van der Waals surface area contributed by atoms with E-state index in [4.69, 9.17) is 18.9 Å². The lowest BCUT2D eigenvalue weighted by molar-refractivity contribution is -0.332. The minimum absolute atomic E-state index is 0.315. The maximum atomic E-state index is 12.2. The van der Waals surface area contributed by atoms with Gasteiger partial charge in [0.1, 0.15) is 42.7 Å². The van der Waals surface area contributed by atoms with Crippen LogP contribution in [0.15, 0.2) is 0 Å². The van der Waals surface area contributed by atoms with Gasteiger partial charge >= 0.3 is 0 Å². The second kappa shape index (κ2) is 13.5. The Kier molecular flexibility index (Phi) is 11.1. The lowest BCUT2D eigenvalue weighted by atomic mass is 9.86.